The molecule has 108 valence electrons. The fourth-order valence-electron chi connectivity index (χ4n) is 2.95. The molecule has 0 saturated carbocycles. The number of aliphatic hydroxyl groups excluding tert-OH is 2. The smallest absolute Gasteiger partial charge is 0.0894 e. The fourth-order valence-corrected chi connectivity index (χ4v) is 2.95. The van der Waals surface area contributed by atoms with Crippen LogP contribution in [0.1, 0.15) is 36.1 Å². The van der Waals surface area contributed by atoms with Gasteiger partial charge in [0.15, 0.2) is 0 Å². The zero-order valence-corrected chi connectivity index (χ0v) is 12.7. The molecule has 1 rings (SSSR count). The van der Waals surface area contributed by atoms with Crippen LogP contribution in [0.15, 0.2) is 12.1 Å². The standard InChI is InChI=1S/C16H27NO2/c1-11-6-12(2)15(13(3)7-11)16(4,5)10-17-8-14(19)9-18/h6-7,14,17-19H,8-10H2,1-5H3. The van der Waals surface area contributed by atoms with Gasteiger partial charge in [0, 0.05) is 18.5 Å². The quantitative estimate of drug-likeness (QED) is 0.735. The molecule has 1 atom stereocenters. The van der Waals surface area contributed by atoms with E-state index in [1.807, 2.05) is 0 Å². The fraction of sp³-hybridized carbons (Fsp3) is 0.625. The monoisotopic (exact) mass is 265 g/mol. The van der Waals surface area contributed by atoms with Crippen molar-refractivity contribution >= 4 is 0 Å². The highest BCUT2D eigenvalue weighted by molar-refractivity contribution is 5.42. The van der Waals surface area contributed by atoms with Gasteiger partial charge in [-0.15, -0.1) is 0 Å². The normalized spacial score (nSPS) is 13.6. The van der Waals surface area contributed by atoms with Crippen LogP contribution in [0, 0.1) is 20.8 Å². The number of nitrogens with one attached hydrogen (secondary N) is 1. The number of hydrogen-bond acceptors (Lipinski definition) is 3. The van der Waals surface area contributed by atoms with Crippen molar-refractivity contribution in [1.82, 2.24) is 5.32 Å². The molecule has 1 aromatic rings. The molecule has 3 heteroatoms. The highest BCUT2D eigenvalue weighted by atomic mass is 16.3. The van der Waals surface area contributed by atoms with Crippen molar-refractivity contribution in [2.75, 3.05) is 19.7 Å². The van der Waals surface area contributed by atoms with E-state index in [0.717, 1.165) is 6.54 Å². The molecule has 0 aliphatic heterocycles. The molecular formula is C16H27NO2. The molecule has 0 aromatic heterocycles. The lowest BCUT2D eigenvalue weighted by molar-refractivity contribution is 0.0934. The molecule has 0 amide bonds. The van der Waals surface area contributed by atoms with Crippen LogP contribution in [0.2, 0.25) is 0 Å². The zero-order chi connectivity index (χ0) is 14.6. The lowest BCUT2D eigenvalue weighted by Gasteiger charge is -2.30. The van der Waals surface area contributed by atoms with Gasteiger partial charge in [0.25, 0.3) is 0 Å². The first-order chi connectivity index (χ1) is 8.77. The van der Waals surface area contributed by atoms with Crippen molar-refractivity contribution in [1.29, 1.82) is 0 Å². The predicted octanol–water partition coefficient (Wildman–Crippen LogP) is 1.83. The average molecular weight is 265 g/mol. The summed E-state index contributed by atoms with van der Waals surface area (Å²) in [7, 11) is 0. The van der Waals surface area contributed by atoms with E-state index in [2.05, 4.69) is 52.1 Å². The van der Waals surface area contributed by atoms with E-state index in [0.29, 0.717) is 6.54 Å². The van der Waals surface area contributed by atoms with E-state index in [1.54, 1.807) is 0 Å². The highest BCUT2D eigenvalue weighted by Gasteiger charge is 2.24. The van der Waals surface area contributed by atoms with Crippen molar-refractivity contribution in [2.24, 2.45) is 0 Å². The van der Waals surface area contributed by atoms with Crippen molar-refractivity contribution in [2.45, 2.75) is 46.1 Å². The van der Waals surface area contributed by atoms with Crippen LogP contribution in [0.3, 0.4) is 0 Å². The lowest BCUT2D eigenvalue weighted by atomic mass is 9.78. The molecule has 19 heavy (non-hydrogen) atoms. The topological polar surface area (TPSA) is 52.5 Å². The van der Waals surface area contributed by atoms with Gasteiger partial charge in [0.2, 0.25) is 0 Å². The number of aryl methyl sites for hydroxylation is 3. The van der Waals surface area contributed by atoms with Crippen LogP contribution in [-0.4, -0.2) is 36.0 Å². The number of rotatable bonds is 6. The van der Waals surface area contributed by atoms with Crippen molar-refractivity contribution < 1.29 is 10.2 Å². The Balaban J connectivity index is 2.82. The molecular weight excluding hydrogens is 238 g/mol. The van der Waals surface area contributed by atoms with Gasteiger partial charge in [-0.25, -0.2) is 0 Å². The second kappa shape index (κ2) is 6.51. The lowest BCUT2D eigenvalue weighted by Crippen LogP contribution is -2.38. The number of benzene rings is 1. The minimum Gasteiger partial charge on any atom is -0.394 e. The van der Waals surface area contributed by atoms with Gasteiger partial charge in [0.1, 0.15) is 0 Å². The van der Waals surface area contributed by atoms with Crippen LogP contribution in [0.5, 0.6) is 0 Å². The Labute approximate surface area is 116 Å². The molecule has 3 nitrogen and oxygen atoms in total. The third-order valence-electron chi connectivity index (χ3n) is 3.51. The summed E-state index contributed by atoms with van der Waals surface area (Å²) < 4.78 is 0. The van der Waals surface area contributed by atoms with Crippen LogP contribution in [-0.2, 0) is 5.41 Å². The SMILES string of the molecule is Cc1cc(C)c(C(C)(C)CNCC(O)CO)c(C)c1. The first-order valence-corrected chi connectivity index (χ1v) is 6.86. The summed E-state index contributed by atoms with van der Waals surface area (Å²) in [6.07, 6.45) is -0.684. The summed E-state index contributed by atoms with van der Waals surface area (Å²) >= 11 is 0. The van der Waals surface area contributed by atoms with Gasteiger partial charge in [-0.1, -0.05) is 31.5 Å². The molecule has 0 heterocycles. The maximum absolute atomic E-state index is 9.36. The zero-order valence-electron chi connectivity index (χ0n) is 12.7. The van der Waals surface area contributed by atoms with Crippen LogP contribution in [0.4, 0.5) is 0 Å². The van der Waals surface area contributed by atoms with E-state index in [1.165, 1.54) is 22.3 Å². The molecule has 0 fully saturated rings. The summed E-state index contributed by atoms with van der Waals surface area (Å²) in [5, 5.41) is 21.4. The highest BCUT2D eigenvalue weighted by Crippen LogP contribution is 2.29. The summed E-state index contributed by atoms with van der Waals surface area (Å²) in [6, 6.07) is 4.43. The molecule has 0 radical (unpaired) electrons. The van der Waals surface area contributed by atoms with E-state index in [-0.39, 0.29) is 12.0 Å². The summed E-state index contributed by atoms with van der Waals surface area (Å²) in [4.78, 5) is 0. The third kappa shape index (κ3) is 4.30. The Morgan fingerprint density at radius 1 is 1.16 bits per heavy atom. The number of hydrogen-bond donors (Lipinski definition) is 3. The van der Waals surface area contributed by atoms with E-state index < -0.39 is 6.10 Å². The summed E-state index contributed by atoms with van der Waals surface area (Å²) in [6.45, 7) is 11.8. The third-order valence-corrected chi connectivity index (χ3v) is 3.51. The second-order valence-electron chi connectivity index (χ2n) is 6.12. The molecule has 3 N–H and O–H groups in total. The maximum Gasteiger partial charge on any atom is 0.0894 e. The molecule has 0 aliphatic carbocycles. The minimum atomic E-state index is -0.684. The maximum atomic E-state index is 9.36. The summed E-state index contributed by atoms with van der Waals surface area (Å²) in [5.74, 6) is 0. The summed E-state index contributed by atoms with van der Waals surface area (Å²) in [5.41, 5.74) is 5.28. The second-order valence-corrected chi connectivity index (χ2v) is 6.12. The van der Waals surface area contributed by atoms with Crippen molar-refractivity contribution in [3.63, 3.8) is 0 Å². The largest absolute Gasteiger partial charge is 0.394 e. The molecule has 0 saturated heterocycles. The van der Waals surface area contributed by atoms with Crippen LogP contribution in [0.25, 0.3) is 0 Å². The van der Waals surface area contributed by atoms with Gasteiger partial charge >= 0.3 is 0 Å². The van der Waals surface area contributed by atoms with Gasteiger partial charge in [-0.2, -0.15) is 0 Å². The van der Waals surface area contributed by atoms with Gasteiger partial charge in [-0.05, 0) is 37.5 Å². The van der Waals surface area contributed by atoms with Crippen LogP contribution >= 0.6 is 0 Å². The van der Waals surface area contributed by atoms with Gasteiger partial charge < -0.3 is 15.5 Å². The molecule has 1 aromatic carbocycles. The van der Waals surface area contributed by atoms with Crippen molar-refractivity contribution in [3.05, 3.63) is 34.4 Å². The van der Waals surface area contributed by atoms with Crippen molar-refractivity contribution in [3.8, 4) is 0 Å². The predicted molar refractivity (Wildman–Crippen MR) is 79.6 cm³/mol. The van der Waals surface area contributed by atoms with Gasteiger partial charge in [-0.3, -0.25) is 0 Å². The molecule has 0 aliphatic rings. The molecule has 1 unspecified atom stereocenters. The van der Waals surface area contributed by atoms with E-state index in [9.17, 15) is 5.11 Å². The minimum absolute atomic E-state index is 0.00293. The van der Waals surface area contributed by atoms with E-state index >= 15 is 0 Å². The van der Waals surface area contributed by atoms with E-state index in [4.69, 9.17) is 5.11 Å². The molecule has 0 spiro atoms. The average Bonchev–Trinajstić information content (AvgIpc) is 2.26. The Hall–Kier alpha value is -0.900. The first kappa shape index (κ1) is 16.2. The Morgan fingerprint density at radius 3 is 2.16 bits per heavy atom. The van der Waals surface area contributed by atoms with Gasteiger partial charge in [0.05, 0.1) is 12.7 Å². The Kier molecular flexibility index (Phi) is 5.53. The first-order valence-electron chi connectivity index (χ1n) is 6.86. The Morgan fingerprint density at radius 2 is 1.68 bits per heavy atom. The molecule has 0 bridgehead atoms. The Bertz CT molecular complexity index is 404. The van der Waals surface area contributed by atoms with Crippen LogP contribution < -0.4 is 5.32 Å². The number of aliphatic hydroxyl groups is 2.